The SMILES string of the molecule is C=CCOc1ccc(C(=O)NCCCN2CCN(c3cccc(C)c3)CC2)cc1OC. The van der Waals surface area contributed by atoms with Gasteiger partial charge in [0.1, 0.15) is 6.61 Å². The van der Waals surface area contributed by atoms with Crippen molar-refractivity contribution in [2.24, 2.45) is 0 Å². The molecule has 1 heterocycles. The highest BCUT2D eigenvalue weighted by molar-refractivity contribution is 5.94. The Labute approximate surface area is 185 Å². The smallest absolute Gasteiger partial charge is 0.251 e. The number of ether oxygens (including phenoxy) is 2. The minimum absolute atomic E-state index is 0.0992. The van der Waals surface area contributed by atoms with Crippen molar-refractivity contribution in [3.8, 4) is 11.5 Å². The van der Waals surface area contributed by atoms with Gasteiger partial charge in [0.25, 0.3) is 5.91 Å². The van der Waals surface area contributed by atoms with Crippen LogP contribution in [0.2, 0.25) is 0 Å². The fourth-order valence-corrected chi connectivity index (χ4v) is 3.74. The Morgan fingerprint density at radius 1 is 1.13 bits per heavy atom. The van der Waals surface area contributed by atoms with Crippen molar-refractivity contribution >= 4 is 11.6 Å². The summed E-state index contributed by atoms with van der Waals surface area (Å²) in [6.07, 6.45) is 2.59. The van der Waals surface area contributed by atoms with Gasteiger partial charge in [0, 0.05) is 44.0 Å². The first kappa shape index (κ1) is 22.7. The number of aryl methyl sites for hydroxylation is 1. The van der Waals surface area contributed by atoms with Crippen molar-refractivity contribution in [3.05, 3.63) is 66.2 Å². The number of methoxy groups -OCH3 is 1. The van der Waals surface area contributed by atoms with Crippen LogP contribution >= 0.6 is 0 Å². The highest BCUT2D eigenvalue weighted by Crippen LogP contribution is 2.28. The Hall–Kier alpha value is -2.99. The predicted octanol–water partition coefficient (Wildman–Crippen LogP) is 3.51. The number of amides is 1. The summed E-state index contributed by atoms with van der Waals surface area (Å²) in [7, 11) is 1.57. The van der Waals surface area contributed by atoms with Crippen LogP contribution in [0.25, 0.3) is 0 Å². The second kappa shape index (κ2) is 11.4. The van der Waals surface area contributed by atoms with E-state index in [9.17, 15) is 4.79 Å². The van der Waals surface area contributed by atoms with Crippen LogP contribution in [-0.4, -0.2) is 63.8 Å². The Bertz CT molecular complexity index is 876. The van der Waals surface area contributed by atoms with Crippen LogP contribution in [0.5, 0.6) is 11.5 Å². The molecule has 0 atom stereocenters. The van der Waals surface area contributed by atoms with Crippen molar-refractivity contribution < 1.29 is 14.3 Å². The van der Waals surface area contributed by atoms with Crippen LogP contribution in [0.1, 0.15) is 22.3 Å². The lowest BCUT2D eigenvalue weighted by atomic mass is 10.2. The van der Waals surface area contributed by atoms with Gasteiger partial charge in [-0.1, -0.05) is 24.8 Å². The third-order valence-corrected chi connectivity index (χ3v) is 5.46. The van der Waals surface area contributed by atoms with Gasteiger partial charge in [-0.15, -0.1) is 0 Å². The zero-order valence-electron chi connectivity index (χ0n) is 18.6. The quantitative estimate of drug-likeness (QED) is 0.468. The van der Waals surface area contributed by atoms with Crippen LogP contribution in [0.4, 0.5) is 5.69 Å². The fourth-order valence-electron chi connectivity index (χ4n) is 3.74. The van der Waals surface area contributed by atoms with E-state index in [-0.39, 0.29) is 5.91 Å². The van der Waals surface area contributed by atoms with Crippen LogP contribution in [-0.2, 0) is 0 Å². The molecule has 6 nitrogen and oxygen atoms in total. The molecular formula is C25H33N3O3. The monoisotopic (exact) mass is 423 g/mol. The molecule has 1 aliphatic rings. The number of nitrogens with zero attached hydrogens (tertiary/aromatic N) is 2. The molecular weight excluding hydrogens is 390 g/mol. The van der Waals surface area contributed by atoms with Gasteiger partial charge in [-0.05, 0) is 55.8 Å². The third kappa shape index (κ3) is 6.49. The molecule has 6 heteroatoms. The average Bonchev–Trinajstić information content (AvgIpc) is 2.80. The Morgan fingerprint density at radius 3 is 2.65 bits per heavy atom. The summed E-state index contributed by atoms with van der Waals surface area (Å²) in [5, 5.41) is 3.00. The molecule has 1 saturated heterocycles. The first-order valence-electron chi connectivity index (χ1n) is 10.8. The lowest BCUT2D eigenvalue weighted by Gasteiger charge is -2.36. The first-order valence-corrected chi connectivity index (χ1v) is 10.8. The molecule has 0 unspecified atom stereocenters. The molecule has 1 N–H and O–H groups in total. The van der Waals surface area contributed by atoms with Gasteiger partial charge in [0.05, 0.1) is 7.11 Å². The van der Waals surface area contributed by atoms with Crippen molar-refractivity contribution in [2.75, 3.05) is 57.9 Å². The molecule has 3 rings (SSSR count). The Balaban J connectivity index is 1.39. The topological polar surface area (TPSA) is 54.0 Å². The minimum Gasteiger partial charge on any atom is -0.493 e. The van der Waals surface area contributed by atoms with E-state index in [4.69, 9.17) is 9.47 Å². The van der Waals surface area contributed by atoms with Gasteiger partial charge >= 0.3 is 0 Å². The maximum Gasteiger partial charge on any atom is 0.251 e. The maximum absolute atomic E-state index is 12.5. The molecule has 1 fully saturated rings. The average molecular weight is 424 g/mol. The van der Waals surface area contributed by atoms with Gasteiger partial charge < -0.3 is 19.7 Å². The molecule has 1 aliphatic heterocycles. The molecule has 0 aromatic heterocycles. The molecule has 2 aromatic rings. The summed E-state index contributed by atoms with van der Waals surface area (Å²) >= 11 is 0. The fraction of sp³-hybridized carbons (Fsp3) is 0.400. The summed E-state index contributed by atoms with van der Waals surface area (Å²) in [5.74, 6) is 1.04. The normalized spacial score (nSPS) is 14.2. The van der Waals surface area contributed by atoms with E-state index in [2.05, 4.69) is 52.9 Å². The highest BCUT2D eigenvalue weighted by atomic mass is 16.5. The molecule has 0 bridgehead atoms. The van der Waals surface area contributed by atoms with Crippen molar-refractivity contribution in [2.45, 2.75) is 13.3 Å². The predicted molar refractivity (Wildman–Crippen MR) is 125 cm³/mol. The highest BCUT2D eigenvalue weighted by Gasteiger charge is 2.17. The van der Waals surface area contributed by atoms with Crippen LogP contribution in [0.3, 0.4) is 0 Å². The number of nitrogens with one attached hydrogen (secondary N) is 1. The minimum atomic E-state index is -0.0992. The molecule has 166 valence electrons. The molecule has 0 aliphatic carbocycles. The summed E-state index contributed by atoms with van der Waals surface area (Å²) in [4.78, 5) is 17.4. The van der Waals surface area contributed by atoms with E-state index >= 15 is 0 Å². The van der Waals surface area contributed by atoms with E-state index in [0.29, 0.717) is 30.2 Å². The lowest BCUT2D eigenvalue weighted by molar-refractivity contribution is 0.0951. The van der Waals surface area contributed by atoms with Crippen molar-refractivity contribution in [3.63, 3.8) is 0 Å². The van der Waals surface area contributed by atoms with Gasteiger partial charge in [0.15, 0.2) is 11.5 Å². The maximum atomic E-state index is 12.5. The largest absolute Gasteiger partial charge is 0.493 e. The molecule has 31 heavy (non-hydrogen) atoms. The number of carbonyl (C=O) groups is 1. The van der Waals surface area contributed by atoms with Crippen LogP contribution in [0, 0.1) is 6.92 Å². The molecule has 2 aromatic carbocycles. The van der Waals surface area contributed by atoms with E-state index in [1.54, 1.807) is 31.4 Å². The van der Waals surface area contributed by atoms with E-state index in [0.717, 1.165) is 39.1 Å². The molecule has 0 spiro atoms. The van der Waals surface area contributed by atoms with E-state index in [1.807, 2.05) is 0 Å². The number of hydrogen-bond donors (Lipinski definition) is 1. The number of hydrogen-bond acceptors (Lipinski definition) is 5. The van der Waals surface area contributed by atoms with E-state index in [1.165, 1.54) is 11.3 Å². The third-order valence-electron chi connectivity index (χ3n) is 5.46. The summed E-state index contributed by atoms with van der Waals surface area (Å²) in [6, 6.07) is 13.9. The number of benzene rings is 2. The lowest BCUT2D eigenvalue weighted by Crippen LogP contribution is -2.47. The number of rotatable bonds is 10. The molecule has 0 saturated carbocycles. The van der Waals surface area contributed by atoms with Crippen molar-refractivity contribution in [1.29, 1.82) is 0 Å². The summed E-state index contributed by atoms with van der Waals surface area (Å²) < 4.78 is 10.9. The first-order chi connectivity index (χ1) is 15.1. The Kier molecular flexibility index (Phi) is 8.35. The standard InChI is InChI=1S/C25H33N3O3/c1-4-17-31-23-10-9-21(19-24(23)30-3)25(29)26-11-6-12-27-13-15-28(16-14-27)22-8-5-7-20(2)18-22/h4-5,7-10,18-19H,1,6,11-17H2,2-3H3,(H,26,29). The van der Waals surface area contributed by atoms with Crippen LogP contribution in [0.15, 0.2) is 55.1 Å². The van der Waals surface area contributed by atoms with Gasteiger partial charge in [-0.25, -0.2) is 0 Å². The van der Waals surface area contributed by atoms with Gasteiger partial charge in [0.2, 0.25) is 0 Å². The van der Waals surface area contributed by atoms with E-state index < -0.39 is 0 Å². The number of piperazine rings is 1. The number of anilines is 1. The summed E-state index contributed by atoms with van der Waals surface area (Å²) in [5.41, 5.74) is 3.17. The zero-order valence-corrected chi connectivity index (χ0v) is 18.6. The summed E-state index contributed by atoms with van der Waals surface area (Å²) in [6.45, 7) is 12.0. The van der Waals surface area contributed by atoms with Crippen LogP contribution < -0.4 is 19.7 Å². The molecule has 1 amide bonds. The van der Waals surface area contributed by atoms with Gasteiger partial charge in [-0.2, -0.15) is 0 Å². The number of carbonyl (C=O) groups excluding carboxylic acids is 1. The second-order valence-electron chi connectivity index (χ2n) is 7.74. The molecule has 0 radical (unpaired) electrons. The Morgan fingerprint density at radius 2 is 1.94 bits per heavy atom. The van der Waals surface area contributed by atoms with Crippen molar-refractivity contribution in [1.82, 2.24) is 10.2 Å². The van der Waals surface area contributed by atoms with Gasteiger partial charge in [-0.3, -0.25) is 9.69 Å². The zero-order chi connectivity index (χ0) is 22.1. The second-order valence-corrected chi connectivity index (χ2v) is 7.74.